The third-order valence-electron chi connectivity index (χ3n) is 12.8. The molecule has 0 amide bonds. The van der Waals surface area contributed by atoms with Gasteiger partial charge in [0.2, 0.25) is 5.95 Å². The number of aromatic nitrogens is 3. The van der Waals surface area contributed by atoms with Crippen LogP contribution in [0.3, 0.4) is 0 Å². The highest BCUT2D eigenvalue weighted by molar-refractivity contribution is 6.10. The van der Waals surface area contributed by atoms with Crippen LogP contribution in [0.25, 0.3) is 105 Å². The number of hydrogen-bond donors (Lipinski definition) is 0. The van der Waals surface area contributed by atoms with Gasteiger partial charge in [-0.25, -0.2) is 9.97 Å². The Hall–Kier alpha value is -7.62. The number of fused-ring (bicyclic) bond motifs is 8. The molecule has 1 aliphatic rings. The van der Waals surface area contributed by atoms with Crippen LogP contribution in [0.1, 0.15) is 25.0 Å². The van der Waals surface area contributed by atoms with Crippen LogP contribution < -0.4 is 0 Å². The van der Waals surface area contributed by atoms with Crippen LogP contribution >= 0.6 is 0 Å². The van der Waals surface area contributed by atoms with Gasteiger partial charge in [0, 0.05) is 27.1 Å². The van der Waals surface area contributed by atoms with Crippen molar-refractivity contribution in [3.05, 3.63) is 211 Å². The van der Waals surface area contributed by atoms with E-state index in [0.717, 1.165) is 33.2 Å². The average molecular weight is 766 g/mol. The van der Waals surface area contributed by atoms with Gasteiger partial charge >= 0.3 is 0 Å². The zero-order valence-electron chi connectivity index (χ0n) is 33.4. The molecular formula is C57H39N3. The Morgan fingerprint density at radius 1 is 0.367 bits per heavy atom. The standard InChI is InChI=1S/C57H39N3/c1-57(2)50-22-8-5-18-45(50)46-31-29-42(35-51(46)57)40-16-11-15-39(33-40)41-30-32-54-49(34-41)47-19-7-10-24-53(47)60(54)56-58-52-23-9-6-20-48(52)55(59-56)38-27-25-37(26-28-38)44-21-12-14-36-13-3-4-17-43(36)44/h3-35H,1-2H3. The SMILES string of the molecule is CC1(C)c2ccccc2-c2ccc(-c3cccc(-c4ccc5c(c4)c4ccccc4n5-c4nc(-c5ccc(-c6cccc7ccccc67)cc5)c5ccccc5n4)c3)cc21. The number of benzene rings is 9. The van der Waals surface area contributed by atoms with Crippen molar-refractivity contribution < 1.29 is 0 Å². The smallest absolute Gasteiger partial charge is 0.235 e. The van der Waals surface area contributed by atoms with Gasteiger partial charge in [-0.2, -0.15) is 0 Å². The molecule has 0 N–H and O–H groups in total. The van der Waals surface area contributed by atoms with Gasteiger partial charge in [0.05, 0.1) is 22.2 Å². The molecule has 0 aliphatic heterocycles. The Kier molecular flexibility index (Phi) is 7.58. The highest BCUT2D eigenvalue weighted by Gasteiger charge is 2.35. The van der Waals surface area contributed by atoms with E-state index >= 15 is 0 Å². The van der Waals surface area contributed by atoms with E-state index in [-0.39, 0.29) is 5.41 Å². The molecule has 2 aromatic heterocycles. The molecule has 282 valence electrons. The molecule has 2 heterocycles. The molecule has 0 saturated heterocycles. The summed E-state index contributed by atoms with van der Waals surface area (Å²) < 4.78 is 2.23. The Bertz CT molecular complexity index is 3510. The zero-order chi connectivity index (χ0) is 40.0. The number of rotatable bonds is 5. The van der Waals surface area contributed by atoms with Crippen LogP contribution in [0, 0.1) is 0 Å². The molecular weight excluding hydrogens is 727 g/mol. The normalized spacial score (nSPS) is 13.0. The van der Waals surface area contributed by atoms with Gasteiger partial charge in [-0.15, -0.1) is 0 Å². The molecule has 0 radical (unpaired) electrons. The fraction of sp³-hybridized carbons (Fsp3) is 0.0526. The Morgan fingerprint density at radius 2 is 0.950 bits per heavy atom. The first-order valence-corrected chi connectivity index (χ1v) is 20.7. The summed E-state index contributed by atoms with van der Waals surface area (Å²) in [6.07, 6.45) is 0. The van der Waals surface area contributed by atoms with Crippen LogP contribution in [0.5, 0.6) is 0 Å². The van der Waals surface area contributed by atoms with Crippen LogP contribution in [-0.4, -0.2) is 14.5 Å². The number of hydrogen-bond acceptors (Lipinski definition) is 2. The van der Waals surface area contributed by atoms with Gasteiger partial charge < -0.3 is 0 Å². The van der Waals surface area contributed by atoms with Crippen LogP contribution in [0.15, 0.2) is 200 Å². The quantitative estimate of drug-likeness (QED) is 0.175. The predicted molar refractivity (Wildman–Crippen MR) is 251 cm³/mol. The summed E-state index contributed by atoms with van der Waals surface area (Å²) >= 11 is 0. The number of nitrogens with zero attached hydrogens (tertiary/aromatic N) is 3. The van der Waals surface area contributed by atoms with Gasteiger partial charge in [0.25, 0.3) is 0 Å². The lowest BCUT2D eigenvalue weighted by molar-refractivity contribution is 0.660. The third-order valence-corrected chi connectivity index (χ3v) is 12.8. The fourth-order valence-electron chi connectivity index (χ4n) is 9.80. The molecule has 0 saturated carbocycles. The van der Waals surface area contributed by atoms with Gasteiger partial charge in [0.15, 0.2) is 0 Å². The first-order valence-electron chi connectivity index (χ1n) is 20.7. The highest BCUT2D eigenvalue weighted by atomic mass is 15.2. The monoisotopic (exact) mass is 765 g/mol. The largest absolute Gasteiger partial charge is 0.278 e. The predicted octanol–water partition coefficient (Wildman–Crippen LogP) is 14.9. The van der Waals surface area contributed by atoms with Crippen molar-refractivity contribution in [3.63, 3.8) is 0 Å². The Labute approximate surface area is 348 Å². The zero-order valence-corrected chi connectivity index (χ0v) is 33.4. The van der Waals surface area contributed by atoms with Gasteiger partial charge in [-0.3, -0.25) is 4.57 Å². The molecule has 0 atom stereocenters. The highest BCUT2D eigenvalue weighted by Crippen LogP contribution is 2.49. The van der Waals surface area contributed by atoms with E-state index in [1.165, 1.54) is 77.2 Å². The van der Waals surface area contributed by atoms with E-state index in [9.17, 15) is 0 Å². The van der Waals surface area contributed by atoms with Crippen molar-refractivity contribution >= 4 is 43.5 Å². The second-order valence-electron chi connectivity index (χ2n) is 16.6. The van der Waals surface area contributed by atoms with Crippen molar-refractivity contribution in [2.45, 2.75) is 19.3 Å². The lowest BCUT2D eigenvalue weighted by Gasteiger charge is -2.22. The summed E-state index contributed by atoms with van der Waals surface area (Å²) in [6.45, 7) is 4.69. The summed E-state index contributed by atoms with van der Waals surface area (Å²) in [4.78, 5) is 10.6. The summed E-state index contributed by atoms with van der Waals surface area (Å²) in [5.41, 5.74) is 17.7. The second kappa shape index (κ2) is 13.2. The molecule has 11 aromatic rings. The van der Waals surface area contributed by atoms with E-state index in [2.05, 4.69) is 219 Å². The minimum absolute atomic E-state index is 0.0446. The molecule has 0 unspecified atom stereocenters. The number of para-hydroxylation sites is 2. The van der Waals surface area contributed by atoms with Gasteiger partial charge in [-0.1, -0.05) is 178 Å². The van der Waals surface area contributed by atoms with Crippen molar-refractivity contribution in [2.75, 3.05) is 0 Å². The van der Waals surface area contributed by atoms with Crippen molar-refractivity contribution in [3.8, 4) is 61.7 Å². The lowest BCUT2D eigenvalue weighted by atomic mass is 9.81. The molecule has 0 fully saturated rings. The summed E-state index contributed by atoms with van der Waals surface area (Å²) in [7, 11) is 0. The Morgan fingerprint density at radius 3 is 1.82 bits per heavy atom. The van der Waals surface area contributed by atoms with E-state index in [1.54, 1.807) is 0 Å². The average Bonchev–Trinajstić information content (AvgIpc) is 3.76. The maximum absolute atomic E-state index is 5.39. The van der Waals surface area contributed by atoms with E-state index in [0.29, 0.717) is 5.95 Å². The van der Waals surface area contributed by atoms with Gasteiger partial charge in [-0.05, 0) is 103 Å². The molecule has 3 nitrogen and oxygen atoms in total. The first kappa shape index (κ1) is 34.4. The van der Waals surface area contributed by atoms with Crippen molar-refractivity contribution in [1.82, 2.24) is 14.5 Å². The molecule has 0 spiro atoms. The molecule has 0 bridgehead atoms. The second-order valence-corrected chi connectivity index (χ2v) is 16.6. The van der Waals surface area contributed by atoms with Gasteiger partial charge in [0.1, 0.15) is 0 Å². The van der Waals surface area contributed by atoms with Crippen LogP contribution in [0.2, 0.25) is 0 Å². The lowest BCUT2D eigenvalue weighted by Crippen LogP contribution is -2.14. The molecule has 60 heavy (non-hydrogen) atoms. The minimum Gasteiger partial charge on any atom is -0.278 e. The molecule has 3 heteroatoms. The van der Waals surface area contributed by atoms with E-state index < -0.39 is 0 Å². The fourth-order valence-corrected chi connectivity index (χ4v) is 9.80. The van der Waals surface area contributed by atoms with Crippen LogP contribution in [0.4, 0.5) is 0 Å². The third kappa shape index (κ3) is 5.29. The summed E-state index contributed by atoms with van der Waals surface area (Å²) in [6, 6.07) is 72.5. The summed E-state index contributed by atoms with van der Waals surface area (Å²) in [5, 5.41) is 5.85. The van der Waals surface area contributed by atoms with E-state index in [1.807, 2.05) is 0 Å². The van der Waals surface area contributed by atoms with Crippen molar-refractivity contribution in [1.29, 1.82) is 0 Å². The molecule has 12 rings (SSSR count). The molecule has 9 aromatic carbocycles. The topological polar surface area (TPSA) is 30.7 Å². The van der Waals surface area contributed by atoms with E-state index in [4.69, 9.17) is 9.97 Å². The maximum atomic E-state index is 5.39. The van der Waals surface area contributed by atoms with Crippen LogP contribution in [-0.2, 0) is 5.41 Å². The first-order chi connectivity index (χ1) is 29.5. The Balaban J connectivity index is 0.954. The molecule has 1 aliphatic carbocycles. The maximum Gasteiger partial charge on any atom is 0.235 e. The minimum atomic E-state index is -0.0446. The van der Waals surface area contributed by atoms with Crippen molar-refractivity contribution in [2.24, 2.45) is 0 Å². The summed E-state index contributed by atoms with van der Waals surface area (Å²) in [5.74, 6) is 0.657.